The predicted octanol–water partition coefficient (Wildman–Crippen LogP) is 1.80. The van der Waals surface area contributed by atoms with E-state index in [1.165, 1.54) is 0 Å². The lowest BCUT2D eigenvalue weighted by molar-refractivity contribution is -0.129. The van der Waals surface area contributed by atoms with Gasteiger partial charge in [0.05, 0.1) is 20.3 Å². The maximum atomic E-state index is 12.3. The van der Waals surface area contributed by atoms with Crippen LogP contribution in [0.5, 0.6) is 11.5 Å². The van der Waals surface area contributed by atoms with Gasteiger partial charge in [-0.05, 0) is 37.1 Å². The van der Waals surface area contributed by atoms with Crippen molar-refractivity contribution in [3.8, 4) is 11.5 Å². The molecule has 1 aliphatic rings. The molecule has 5 heteroatoms. The summed E-state index contributed by atoms with van der Waals surface area (Å²) in [4.78, 5) is 14.2. The molecule has 0 bridgehead atoms. The van der Waals surface area contributed by atoms with E-state index in [1.54, 1.807) is 14.2 Å². The minimum absolute atomic E-state index is 0.0231. The third-order valence-electron chi connectivity index (χ3n) is 3.76. The first-order chi connectivity index (χ1) is 10.2. The fraction of sp³-hybridized carbons (Fsp3) is 0.562. The van der Waals surface area contributed by atoms with Crippen LogP contribution in [0, 0.1) is 0 Å². The minimum atomic E-state index is -0.0231. The van der Waals surface area contributed by atoms with Crippen molar-refractivity contribution < 1.29 is 14.3 Å². The van der Waals surface area contributed by atoms with Gasteiger partial charge in [-0.2, -0.15) is 0 Å². The monoisotopic (exact) mass is 292 g/mol. The first kappa shape index (κ1) is 15.6. The van der Waals surface area contributed by atoms with Gasteiger partial charge in [0, 0.05) is 13.1 Å². The standard InChI is InChI=1S/C16H24N2O3/c1-4-8-17-13-7-9-18(16(13)19)11-12-5-6-14(20-2)15(10-12)21-3/h5-6,10,13,17H,4,7-9,11H2,1-3H3. The van der Waals surface area contributed by atoms with Crippen LogP contribution >= 0.6 is 0 Å². The third-order valence-corrected chi connectivity index (χ3v) is 3.76. The fourth-order valence-electron chi connectivity index (χ4n) is 2.60. The van der Waals surface area contributed by atoms with Crippen LogP contribution in [0.3, 0.4) is 0 Å². The van der Waals surface area contributed by atoms with E-state index in [0.717, 1.165) is 31.5 Å². The molecule has 1 aromatic carbocycles. The second-order valence-corrected chi connectivity index (χ2v) is 5.24. The lowest BCUT2D eigenvalue weighted by Gasteiger charge is -2.18. The zero-order valence-electron chi connectivity index (χ0n) is 13.0. The summed E-state index contributed by atoms with van der Waals surface area (Å²) in [5.74, 6) is 1.59. The van der Waals surface area contributed by atoms with Crippen LogP contribution in [-0.2, 0) is 11.3 Å². The number of benzene rings is 1. The maximum absolute atomic E-state index is 12.3. The molecular formula is C16H24N2O3. The molecule has 2 rings (SSSR count). The van der Waals surface area contributed by atoms with E-state index in [4.69, 9.17) is 9.47 Å². The van der Waals surface area contributed by atoms with E-state index in [9.17, 15) is 4.79 Å². The van der Waals surface area contributed by atoms with Gasteiger partial charge in [-0.1, -0.05) is 13.0 Å². The van der Waals surface area contributed by atoms with Crippen molar-refractivity contribution in [3.63, 3.8) is 0 Å². The van der Waals surface area contributed by atoms with E-state index in [2.05, 4.69) is 12.2 Å². The van der Waals surface area contributed by atoms with Gasteiger partial charge in [-0.25, -0.2) is 0 Å². The van der Waals surface area contributed by atoms with Gasteiger partial charge >= 0.3 is 0 Å². The Balaban J connectivity index is 2.00. The summed E-state index contributed by atoms with van der Waals surface area (Å²) in [6.07, 6.45) is 1.92. The molecule has 1 unspecified atom stereocenters. The van der Waals surface area contributed by atoms with Crippen LogP contribution < -0.4 is 14.8 Å². The molecule has 116 valence electrons. The van der Waals surface area contributed by atoms with E-state index in [1.807, 2.05) is 23.1 Å². The van der Waals surface area contributed by atoms with Crippen molar-refractivity contribution in [1.82, 2.24) is 10.2 Å². The smallest absolute Gasteiger partial charge is 0.240 e. The van der Waals surface area contributed by atoms with E-state index in [-0.39, 0.29) is 11.9 Å². The molecule has 21 heavy (non-hydrogen) atoms. The lowest BCUT2D eigenvalue weighted by Crippen LogP contribution is -2.38. The first-order valence-corrected chi connectivity index (χ1v) is 7.42. The van der Waals surface area contributed by atoms with Crippen molar-refractivity contribution in [1.29, 1.82) is 0 Å². The van der Waals surface area contributed by atoms with E-state index < -0.39 is 0 Å². The van der Waals surface area contributed by atoms with Crippen LogP contribution in [0.1, 0.15) is 25.3 Å². The summed E-state index contributed by atoms with van der Waals surface area (Å²) in [6.45, 7) is 4.41. The van der Waals surface area contributed by atoms with Crippen LogP contribution in [0.15, 0.2) is 18.2 Å². The number of nitrogens with one attached hydrogen (secondary N) is 1. The van der Waals surface area contributed by atoms with Crippen LogP contribution in [0.25, 0.3) is 0 Å². The topological polar surface area (TPSA) is 50.8 Å². The summed E-state index contributed by atoms with van der Waals surface area (Å²) in [5.41, 5.74) is 1.05. The Labute approximate surface area is 126 Å². The second kappa shape index (κ2) is 7.31. The van der Waals surface area contributed by atoms with Gasteiger partial charge in [0.25, 0.3) is 0 Å². The summed E-state index contributed by atoms with van der Waals surface area (Å²) in [7, 11) is 3.23. The summed E-state index contributed by atoms with van der Waals surface area (Å²) >= 11 is 0. The highest BCUT2D eigenvalue weighted by Crippen LogP contribution is 2.28. The highest BCUT2D eigenvalue weighted by Gasteiger charge is 2.30. The highest BCUT2D eigenvalue weighted by molar-refractivity contribution is 5.84. The highest BCUT2D eigenvalue weighted by atomic mass is 16.5. The van der Waals surface area contributed by atoms with Crippen molar-refractivity contribution in [2.45, 2.75) is 32.4 Å². The molecule has 1 atom stereocenters. The molecule has 5 nitrogen and oxygen atoms in total. The average molecular weight is 292 g/mol. The Hall–Kier alpha value is -1.75. The molecule has 0 saturated carbocycles. The summed E-state index contributed by atoms with van der Waals surface area (Å²) in [6, 6.07) is 5.76. The number of carbonyl (C=O) groups is 1. The molecule has 1 heterocycles. The normalized spacial score (nSPS) is 18.1. The number of rotatable bonds is 7. The van der Waals surface area contributed by atoms with Crippen LogP contribution in [0.2, 0.25) is 0 Å². The minimum Gasteiger partial charge on any atom is -0.493 e. The first-order valence-electron chi connectivity index (χ1n) is 7.42. The Bertz CT molecular complexity index is 490. The fourth-order valence-corrected chi connectivity index (χ4v) is 2.60. The van der Waals surface area contributed by atoms with Gasteiger partial charge in [0.2, 0.25) is 5.91 Å². The van der Waals surface area contributed by atoms with Gasteiger partial charge in [-0.15, -0.1) is 0 Å². The molecule has 1 aliphatic heterocycles. The summed E-state index contributed by atoms with van der Waals surface area (Å²) in [5, 5.41) is 3.30. The zero-order chi connectivity index (χ0) is 15.2. The van der Waals surface area contributed by atoms with Crippen molar-refractivity contribution in [3.05, 3.63) is 23.8 Å². The maximum Gasteiger partial charge on any atom is 0.240 e. The molecule has 0 spiro atoms. The largest absolute Gasteiger partial charge is 0.493 e. The number of hydrogen-bond acceptors (Lipinski definition) is 4. The molecular weight excluding hydrogens is 268 g/mol. The molecule has 1 amide bonds. The predicted molar refractivity (Wildman–Crippen MR) is 81.7 cm³/mol. The number of ether oxygens (including phenoxy) is 2. The number of nitrogens with zero attached hydrogens (tertiary/aromatic N) is 1. The number of methoxy groups -OCH3 is 2. The molecule has 1 N–H and O–H groups in total. The Kier molecular flexibility index (Phi) is 5.44. The summed E-state index contributed by atoms with van der Waals surface area (Å²) < 4.78 is 10.5. The second-order valence-electron chi connectivity index (χ2n) is 5.24. The Morgan fingerprint density at radius 3 is 2.71 bits per heavy atom. The van der Waals surface area contributed by atoms with Crippen molar-refractivity contribution in [2.75, 3.05) is 27.3 Å². The van der Waals surface area contributed by atoms with Gasteiger partial charge in [0.15, 0.2) is 11.5 Å². The van der Waals surface area contributed by atoms with E-state index in [0.29, 0.717) is 18.0 Å². The van der Waals surface area contributed by atoms with Crippen molar-refractivity contribution >= 4 is 5.91 Å². The number of likely N-dealkylation sites (tertiary alicyclic amines) is 1. The molecule has 0 radical (unpaired) electrons. The Morgan fingerprint density at radius 2 is 2.05 bits per heavy atom. The van der Waals surface area contributed by atoms with Crippen LogP contribution in [0.4, 0.5) is 0 Å². The lowest BCUT2D eigenvalue weighted by atomic mass is 10.2. The van der Waals surface area contributed by atoms with E-state index >= 15 is 0 Å². The molecule has 1 fully saturated rings. The third kappa shape index (κ3) is 3.67. The average Bonchev–Trinajstić information content (AvgIpc) is 2.85. The van der Waals surface area contributed by atoms with Crippen LogP contribution in [-0.4, -0.2) is 44.2 Å². The van der Waals surface area contributed by atoms with Gasteiger partial charge in [-0.3, -0.25) is 4.79 Å². The van der Waals surface area contributed by atoms with Gasteiger partial charge in [0.1, 0.15) is 0 Å². The number of hydrogen-bond donors (Lipinski definition) is 1. The van der Waals surface area contributed by atoms with Crippen molar-refractivity contribution in [2.24, 2.45) is 0 Å². The Morgan fingerprint density at radius 1 is 1.29 bits per heavy atom. The zero-order valence-corrected chi connectivity index (χ0v) is 13.0. The molecule has 1 saturated heterocycles. The quantitative estimate of drug-likeness (QED) is 0.832. The number of amides is 1. The number of carbonyl (C=O) groups excluding carboxylic acids is 1. The molecule has 1 aromatic rings. The molecule has 0 aliphatic carbocycles. The SMILES string of the molecule is CCCNC1CCN(Cc2ccc(OC)c(OC)c2)C1=O. The molecule has 0 aromatic heterocycles. The van der Waals surface area contributed by atoms with Gasteiger partial charge < -0.3 is 19.7 Å².